The lowest BCUT2D eigenvalue weighted by atomic mass is 10.2. The van der Waals surface area contributed by atoms with E-state index in [4.69, 9.17) is 17.3 Å². The van der Waals surface area contributed by atoms with Gasteiger partial charge in [0.05, 0.1) is 11.6 Å². The monoisotopic (exact) mass is 252 g/mol. The predicted octanol–water partition coefficient (Wildman–Crippen LogP) is 2.27. The zero-order valence-electron chi connectivity index (χ0n) is 8.86. The van der Waals surface area contributed by atoms with Gasteiger partial charge >= 0.3 is 0 Å². The molecular weight excluding hydrogens is 243 g/mol. The standard InChI is InChI=1S/C12H10ClFN2O/c13-10-3-1-8(5-11(10)14)6-16-7-9(15)2-4-12(16)17/h1-5,7H,6,15H2. The van der Waals surface area contributed by atoms with E-state index < -0.39 is 5.82 Å². The fraction of sp³-hybridized carbons (Fsp3) is 0.0833. The molecule has 0 aliphatic rings. The fourth-order valence-electron chi connectivity index (χ4n) is 1.51. The van der Waals surface area contributed by atoms with Crippen LogP contribution in [0.15, 0.2) is 41.3 Å². The maximum atomic E-state index is 13.2. The molecule has 2 aromatic rings. The number of halogens is 2. The Bertz CT molecular complexity index is 610. The Morgan fingerprint density at radius 3 is 2.76 bits per heavy atom. The average Bonchev–Trinajstić information content (AvgIpc) is 2.29. The van der Waals surface area contributed by atoms with Gasteiger partial charge in [0.25, 0.3) is 5.56 Å². The molecule has 0 amide bonds. The minimum atomic E-state index is -0.499. The number of hydrogen-bond acceptors (Lipinski definition) is 2. The van der Waals surface area contributed by atoms with Crippen molar-refractivity contribution in [2.45, 2.75) is 6.54 Å². The summed E-state index contributed by atoms with van der Waals surface area (Å²) in [6, 6.07) is 7.34. The topological polar surface area (TPSA) is 48.0 Å². The zero-order valence-corrected chi connectivity index (χ0v) is 9.62. The van der Waals surface area contributed by atoms with Crippen molar-refractivity contribution in [1.82, 2.24) is 4.57 Å². The summed E-state index contributed by atoms with van der Waals surface area (Å²) in [6.45, 7) is 0.262. The first-order valence-corrected chi connectivity index (χ1v) is 5.34. The highest BCUT2D eigenvalue weighted by atomic mass is 35.5. The van der Waals surface area contributed by atoms with Crippen molar-refractivity contribution in [3.63, 3.8) is 0 Å². The zero-order chi connectivity index (χ0) is 12.4. The first-order valence-electron chi connectivity index (χ1n) is 4.96. The van der Waals surface area contributed by atoms with E-state index in [1.807, 2.05) is 0 Å². The lowest BCUT2D eigenvalue weighted by Crippen LogP contribution is -2.19. The summed E-state index contributed by atoms with van der Waals surface area (Å²) in [6.07, 6.45) is 1.52. The van der Waals surface area contributed by atoms with Crippen molar-refractivity contribution < 1.29 is 4.39 Å². The average molecular weight is 253 g/mol. The van der Waals surface area contributed by atoms with Gasteiger partial charge in [0.15, 0.2) is 0 Å². The molecular formula is C12H10ClFN2O. The molecule has 0 spiro atoms. The molecule has 1 aromatic heterocycles. The van der Waals surface area contributed by atoms with E-state index in [1.54, 1.807) is 6.07 Å². The predicted molar refractivity (Wildman–Crippen MR) is 65.6 cm³/mol. The smallest absolute Gasteiger partial charge is 0.250 e. The highest BCUT2D eigenvalue weighted by Crippen LogP contribution is 2.16. The molecule has 0 radical (unpaired) electrons. The van der Waals surface area contributed by atoms with Gasteiger partial charge in [-0.15, -0.1) is 0 Å². The molecule has 3 nitrogen and oxygen atoms in total. The Balaban J connectivity index is 2.34. The molecule has 1 aromatic carbocycles. The molecule has 0 saturated heterocycles. The molecule has 0 bridgehead atoms. The second kappa shape index (κ2) is 4.59. The van der Waals surface area contributed by atoms with Gasteiger partial charge < -0.3 is 10.3 Å². The van der Waals surface area contributed by atoms with Crippen LogP contribution in [-0.2, 0) is 6.54 Å². The second-order valence-corrected chi connectivity index (χ2v) is 4.08. The Morgan fingerprint density at radius 1 is 1.29 bits per heavy atom. The lowest BCUT2D eigenvalue weighted by molar-refractivity contribution is 0.623. The number of aromatic nitrogens is 1. The summed E-state index contributed by atoms with van der Waals surface area (Å²) in [5, 5.41) is 0.0636. The molecule has 5 heteroatoms. The molecule has 2 N–H and O–H groups in total. The third kappa shape index (κ3) is 2.65. The van der Waals surface area contributed by atoms with Gasteiger partial charge in [-0.25, -0.2) is 4.39 Å². The van der Waals surface area contributed by atoms with E-state index >= 15 is 0 Å². The summed E-state index contributed by atoms with van der Waals surface area (Å²) >= 11 is 5.58. The summed E-state index contributed by atoms with van der Waals surface area (Å²) < 4.78 is 14.6. The molecule has 0 aliphatic heterocycles. The molecule has 1 heterocycles. The van der Waals surface area contributed by atoms with Crippen molar-refractivity contribution in [3.05, 3.63) is 63.3 Å². The maximum absolute atomic E-state index is 13.2. The minimum Gasteiger partial charge on any atom is -0.398 e. The van der Waals surface area contributed by atoms with Gasteiger partial charge in [-0.3, -0.25) is 4.79 Å². The van der Waals surface area contributed by atoms with Crippen LogP contribution in [0.25, 0.3) is 0 Å². The number of pyridine rings is 1. The quantitative estimate of drug-likeness (QED) is 0.891. The van der Waals surface area contributed by atoms with Crippen LogP contribution < -0.4 is 11.3 Å². The number of nitrogens with two attached hydrogens (primary N) is 1. The molecule has 0 saturated carbocycles. The van der Waals surface area contributed by atoms with E-state index in [0.29, 0.717) is 11.3 Å². The number of rotatable bonds is 2. The van der Waals surface area contributed by atoms with Gasteiger partial charge in [-0.1, -0.05) is 17.7 Å². The lowest BCUT2D eigenvalue weighted by Gasteiger charge is -2.07. The van der Waals surface area contributed by atoms with Crippen LogP contribution in [0.5, 0.6) is 0 Å². The SMILES string of the molecule is Nc1ccc(=O)n(Cc2ccc(Cl)c(F)c2)c1. The molecule has 17 heavy (non-hydrogen) atoms. The number of anilines is 1. The summed E-state index contributed by atoms with van der Waals surface area (Å²) in [5.41, 5.74) is 6.53. The van der Waals surface area contributed by atoms with Crippen LogP contribution in [-0.4, -0.2) is 4.57 Å². The Kier molecular flexibility index (Phi) is 3.15. The molecule has 2 rings (SSSR count). The Labute approximate surface area is 102 Å². The van der Waals surface area contributed by atoms with Crippen molar-refractivity contribution in [1.29, 1.82) is 0 Å². The van der Waals surface area contributed by atoms with E-state index in [-0.39, 0.29) is 17.1 Å². The van der Waals surface area contributed by atoms with Crippen molar-refractivity contribution >= 4 is 17.3 Å². The summed E-state index contributed by atoms with van der Waals surface area (Å²) in [7, 11) is 0. The number of nitrogen functional groups attached to an aromatic ring is 1. The van der Waals surface area contributed by atoms with Crippen molar-refractivity contribution in [2.75, 3.05) is 5.73 Å². The normalized spacial score (nSPS) is 10.5. The van der Waals surface area contributed by atoms with Crippen LogP contribution in [0.3, 0.4) is 0 Å². The molecule has 0 atom stereocenters. The Hall–Kier alpha value is -1.81. The van der Waals surface area contributed by atoms with Gasteiger partial charge in [0.2, 0.25) is 0 Å². The van der Waals surface area contributed by atoms with Crippen molar-refractivity contribution in [3.8, 4) is 0 Å². The molecule has 0 fully saturated rings. The number of hydrogen-bond donors (Lipinski definition) is 1. The first kappa shape index (κ1) is 11.7. The van der Waals surface area contributed by atoms with Gasteiger partial charge in [0.1, 0.15) is 5.82 Å². The van der Waals surface area contributed by atoms with E-state index in [2.05, 4.69) is 0 Å². The largest absolute Gasteiger partial charge is 0.398 e. The van der Waals surface area contributed by atoms with E-state index in [0.717, 1.165) is 0 Å². The van der Waals surface area contributed by atoms with Gasteiger partial charge in [-0.2, -0.15) is 0 Å². The second-order valence-electron chi connectivity index (χ2n) is 3.68. The van der Waals surface area contributed by atoms with Gasteiger partial charge in [-0.05, 0) is 23.8 Å². The van der Waals surface area contributed by atoms with Crippen LogP contribution in [0.1, 0.15) is 5.56 Å². The van der Waals surface area contributed by atoms with Crippen molar-refractivity contribution in [2.24, 2.45) is 0 Å². The first-order chi connectivity index (χ1) is 8.06. The molecule has 0 aliphatic carbocycles. The van der Waals surface area contributed by atoms with Gasteiger partial charge in [0, 0.05) is 18.0 Å². The minimum absolute atomic E-state index is 0.0636. The summed E-state index contributed by atoms with van der Waals surface area (Å²) in [5.74, 6) is -0.499. The third-order valence-corrected chi connectivity index (χ3v) is 2.65. The van der Waals surface area contributed by atoms with Crippen LogP contribution in [0.2, 0.25) is 5.02 Å². The molecule has 0 unspecified atom stereocenters. The van der Waals surface area contributed by atoms with Crippen LogP contribution in [0, 0.1) is 5.82 Å². The Morgan fingerprint density at radius 2 is 2.06 bits per heavy atom. The van der Waals surface area contributed by atoms with E-state index in [1.165, 1.54) is 35.0 Å². The fourth-order valence-corrected chi connectivity index (χ4v) is 1.63. The van der Waals surface area contributed by atoms with Crippen LogP contribution in [0.4, 0.5) is 10.1 Å². The molecule has 88 valence electrons. The third-order valence-electron chi connectivity index (χ3n) is 2.34. The highest BCUT2D eigenvalue weighted by molar-refractivity contribution is 6.30. The summed E-state index contributed by atoms with van der Waals surface area (Å²) in [4.78, 5) is 11.5. The number of benzene rings is 1. The van der Waals surface area contributed by atoms with Crippen LogP contribution >= 0.6 is 11.6 Å². The van der Waals surface area contributed by atoms with E-state index in [9.17, 15) is 9.18 Å². The number of nitrogens with zero attached hydrogens (tertiary/aromatic N) is 1. The highest BCUT2D eigenvalue weighted by Gasteiger charge is 2.03. The maximum Gasteiger partial charge on any atom is 0.250 e.